The van der Waals surface area contributed by atoms with E-state index in [0.29, 0.717) is 18.7 Å². The lowest BCUT2D eigenvalue weighted by Crippen LogP contribution is -2.51. The Kier molecular flexibility index (Phi) is 3.19. The van der Waals surface area contributed by atoms with Crippen molar-refractivity contribution in [3.05, 3.63) is 23.8 Å². The van der Waals surface area contributed by atoms with Gasteiger partial charge in [-0.1, -0.05) is 0 Å². The third kappa shape index (κ3) is 2.68. The number of nitrogens with zero attached hydrogens (tertiary/aromatic N) is 1. The number of phenols is 2. The maximum Gasteiger partial charge on any atom is 0.254 e. The number of piperazine rings is 1. The number of carbonyl (C=O) groups is 1. The highest BCUT2D eigenvalue weighted by Gasteiger charge is 2.22. The maximum atomic E-state index is 12.1. The molecule has 2 rings (SSSR count). The summed E-state index contributed by atoms with van der Waals surface area (Å²) in [5.74, 6) is -0.363. The maximum absolute atomic E-state index is 12.1. The lowest BCUT2D eigenvalue weighted by atomic mass is 10.1. The first-order valence-corrected chi connectivity index (χ1v) is 5.62. The summed E-state index contributed by atoms with van der Waals surface area (Å²) in [4.78, 5) is 13.8. The second-order valence-corrected chi connectivity index (χ2v) is 4.34. The molecule has 3 N–H and O–H groups in total. The third-order valence-corrected chi connectivity index (χ3v) is 2.81. The van der Waals surface area contributed by atoms with Gasteiger partial charge in [0.25, 0.3) is 5.91 Å². The van der Waals surface area contributed by atoms with E-state index in [1.807, 2.05) is 6.92 Å². The van der Waals surface area contributed by atoms with Gasteiger partial charge in [0.15, 0.2) is 0 Å². The molecule has 1 aromatic carbocycles. The molecule has 0 aromatic heterocycles. The van der Waals surface area contributed by atoms with E-state index < -0.39 is 0 Å². The Hall–Kier alpha value is -1.75. The van der Waals surface area contributed by atoms with E-state index in [4.69, 9.17) is 0 Å². The summed E-state index contributed by atoms with van der Waals surface area (Å²) < 4.78 is 0. The van der Waals surface area contributed by atoms with Crippen molar-refractivity contribution in [2.75, 3.05) is 19.6 Å². The largest absolute Gasteiger partial charge is 0.508 e. The van der Waals surface area contributed by atoms with Gasteiger partial charge in [0.05, 0.1) is 0 Å². The van der Waals surface area contributed by atoms with E-state index >= 15 is 0 Å². The minimum atomic E-state index is -0.162. The number of phenolic OH excluding ortho intramolecular Hbond substituents is 2. The SMILES string of the molecule is C[C@@H]1CN(C(=O)c2cc(O)cc(O)c2)CCN1. The quantitative estimate of drug-likeness (QED) is 0.665. The standard InChI is InChI=1S/C12H16N2O3/c1-8-7-14(3-2-13-8)12(17)9-4-10(15)6-11(16)5-9/h4-6,8,13,15-16H,2-3,7H2,1H3/t8-/m1/s1. The molecule has 1 aliphatic rings. The van der Waals surface area contributed by atoms with E-state index in [-0.39, 0.29) is 23.4 Å². The van der Waals surface area contributed by atoms with Crippen molar-refractivity contribution >= 4 is 5.91 Å². The summed E-state index contributed by atoms with van der Waals surface area (Å²) in [7, 11) is 0. The van der Waals surface area contributed by atoms with Crippen LogP contribution in [0.4, 0.5) is 0 Å². The Balaban J connectivity index is 2.18. The third-order valence-electron chi connectivity index (χ3n) is 2.81. The first kappa shape index (κ1) is 11.7. The minimum absolute atomic E-state index is 0.100. The predicted molar refractivity (Wildman–Crippen MR) is 63.1 cm³/mol. The molecule has 0 unspecified atom stereocenters. The molecule has 0 radical (unpaired) electrons. The summed E-state index contributed by atoms with van der Waals surface area (Å²) in [6.45, 7) is 4.05. The summed E-state index contributed by atoms with van der Waals surface area (Å²) in [6, 6.07) is 4.21. The molecule has 1 amide bonds. The van der Waals surface area contributed by atoms with Crippen LogP contribution in [0.2, 0.25) is 0 Å². The number of carbonyl (C=O) groups excluding carboxylic acids is 1. The van der Waals surface area contributed by atoms with E-state index in [1.165, 1.54) is 18.2 Å². The highest BCUT2D eigenvalue weighted by molar-refractivity contribution is 5.95. The molecule has 5 nitrogen and oxygen atoms in total. The molecule has 1 aromatic rings. The molecule has 1 heterocycles. The summed E-state index contributed by atoms with van der Waals surface area (Å²) in [5.41, 5.74) is 0.316. The van der Waals surface area contributed by atoms with E-state index in [0.717, 1.165) is 6.54 Å². The van der Waals surface area contributed by atoms with Crippen LogP contribution in [0.1, 0.15) is 17.3 Å². The first-order chi connectivity index (χ1) is 8.06. The van der Waals surface area contributed by atoms with Crippen LogP contribution in [0.5, 0.6) is 11.5 Å². The van der Waals surface area contributed by atoms with Gasteiger partial charge in [-0.15, -0.1) is 0 Å². The zero-order valence-corrected chi connectivity index (χ0v) is 9.68. The van der Waals surface area contributed by atoms with Gasteiger partial charge in [0.2, 0.25) is 0 Å². The topological polar surface area (TPSA) is 72.8 Å². The summed E-state index contributed by atoms with van der Waals surface area (Å²) >= 11 is 0. The molecule has 17 heavy (non-hydrogen) atoms. The molecule has 5 heteroatoms. The minimum Gasteiger partial charge on any atom is -0.508 e. The Morgan fingerprint density at radius 2 is 2.00 bits per heavy atom. The van der Waals surface area contributed by atoms with Gasteiger partial charge in [-0.3, -0.25) is 4.79 Å². The molecule has 1 atom stereocenters. The van der Waals surface area contributed by atoms with Crippen molar-refractivity contribution in [3.8, 4) is 11.5 Å². The smallest absolute Gasteiger partial charge is 0.254 e. The normalized spacial score (nSPS) is 20.3. The molecule has 1 aliphatic heterocycles. The highest BCUT2D eigenvalue weighted by atomic mass is 16.3. The molecule has 92 valence electrons. The number of amides is 1. The van der Waals surface area contributed by atoms with E-state index in [9.17, 15) is 15.0 Å². The number of hydrogen-bond acceptors (Lipinski definition) is 4. The van der Waals surface area contributed by atoms with E-state index in [2.05, 4.69) is 5.32 Å². The predicted octanol–water partition coefficient (Wildman–Crippen LogP) is 0.532. The number of rotatable bonds is 1. The van der Waals surface area contributed by atoms with Crippen LogP contribution < -0.4 is 5.32 Å². The van der Waals surface area contributed by atoms with Crippen LogP contribution in [-0.4, -0.2) is 46.7 Å². The molecule has 0 saturated carbocycles. The second-order valence-electron chi connectivity index (χ2n) is 4.34. The summed E-state index contributed by atoms with van der Waals surface area (Å²) in [6.07, 6.45) is 0. The fourth-order valence-corrected chi connectivity index (χ4v) is 2.02. The summed E-state index contributed by atoms with van der Waals surface area (Å²) in [5, 5.41) is 21.9. The molecular weight excluding hydrogens is 220 g/mol. The van der Waals surface area contributed by atoms with Gasteiger partial charge < -0.3 is 20.4 Å². The zero-order chi connectivity index (χ0) is 12.4. The van der Waals surface area contributed by atoms with Gasteiger partial charge >= 0.3 is 0 Å². The van der Waals surface area contributed by atoms with Crippen LogP contribution >= 0.6 is 0 Å². The van der Waals surface area contributed by atoms with Crippen LogP contribution in [0.15, 0.2) is 18.2 Å². The number of benzene rings is 1. The highest BCUT2D eigenvalue weighted by Crippen LogP contribution is 2.21. The number of hydrogen-bond donors (Lipinski definition) is 3. The first-order valence-electron chi connectivity index (χ1n) is 5.62. The van der Waals surface area contributed by atoms with Crippen molar-refractivity contribution in [2.45, 2.75) is 13.0 Å². The number of nitrogens with one attached hydrogen (secondary N) is 1. The Labute approximate surface area is 99.7 Å². The fraction of sp³-hybridized carbons (Fsp3) is 0.417. The number of aromatic hydroxyl groups is 2. The van der Waals surface area contributed by atoms with Gasteiger partial charge in [-0.2, -0.15) is 0 Å². The van der Waals surface area contributed by atoms with Crippen LogP contribution in [0, 0.1) is 0 Å². The zero-order valence-electron chi connectivity index (χ0n) is 9.68. The second kappa shape index (κ2) is 4.63. The van der Waals surface area contributed by atoms with Gasteiger partial charge in [0, 0.05) is 37.3 Å². The van der Waals surface area contributed by atoms with Crippen LogP contribution in [0.3, 0.4) is 0 Å². The van der Waals surface area contributed by atoms with Crippen molar-refractivity contribution in [1.82, 2.24) is 10.2 Å². The van der Waals surface area contributed by atoms with E-state index in [1.54, 1.807) is 4.90 Å². The molecular formula is C12H16N2O3. The molecule has 0 aliphatic carbocycles. The monoisotopic (exact) mass is 236 g/mol. The van der Waals surface area contributed by atoms with Crippen LogP contribution in [-0.2, 0) is 0 Å². The van der Waals surface area contributed by atoms with Crippen LogP contribution in [0.25, 0.3) is 0 Å². The van der Waals surface area contributed by atoms with Gasteiger partial charge in [-0.25, -0.2) is 0 Å². The van der Waals surface area contributed by atoms with Crippen molar-refractivity contribution in [1.29, 1.82) is 0 Å². The van der Waals surface area contributed by atoms with Crippen molar-refractivity contribution < 1.29 is 15.0 Å². The molecule has 0 spiro atoms. The van der Waals surface area contributed by atoms with Crippen molar-refractivity contribution in [2.24, 2.45) is 0 Å². The Morgan fingerprint density at radius 1 is 1.35 bits per heavy atom. The molecule has 0 bridgehead atoms. The molecule has 1 saturated heterocycles. The van der Waals surface area contributed by atoms with Crippen molar-refractivity contribution in [3.63, 3.8) is 0 Å². The molecule has 1 fully saturated rings. The average Bonchev–Trinajstić information content (AvgIpc) is 2.26. The Morgan fingerprint density at radius 3 is 2.59 bits per heavy atom. The average molecular weight is 236 g/mol. The fourth-order valence-electron chi connectivity index (χ4n) is 2.02. The lowest BCUT2D eigenvalue weighted by Gasteiger charge is -2.32. The van der Waals surface area contributed by atoms with Gasteiger partial charge in [0.1, 0.15) is 11.5 Å². The lowest BCUT2D eigenvalue weighted by molar-refractivity contribution is 0.0708. The Bertz CT molecular complexity index is 414. The van der Waals surface area contributed by atoms with Gasteiger partial charge in [-0.05, 0) is 19.1 Å².